The van der Waals surface area contributed by atoms with Crippen molar-refractivity contribution in [2.75, 3.05) is 0 Å². The van der Waals surface area contributed by atoms with Crippen LogP contribution < -0.4 is 10.9 Å². The minimum Gasteiger partial charge on any atom is -0.423 e. The van der Waals surface area contributed by atoms with Crippen LogP contribution in [0, 0.1) is 6.92 Å². The summed E-state index contributed by atoms with van der Waals surface area (Å²) < 4.78 is 5.44. The van der Waals surface area contributed by atoms with Crippen LogP contribution in [0.3, 0.4) is 0 Å². The van der Waals surface area contributed by atoms with E-state index in [-0.39, 0.29) is 5.63 Å². The van der Waals surface area contributed by atoms with Crippen molar-refractivity contribution in [1.29, 1.82) is 0 Å². The highest BCUT2D eigenvalue weighted by atomic mass is 16.4. The maximum atomic E-state index is 12.0. The fourth-order valence-corrected chi connectivity index (χ4v) is 3.38. The summed E-state index contributed by atoms with van der Waals surface area (Å²) in [5, 5.41) is 3.31. The molecule has 0 amide bonds. The van der Waals surface area contributed by atoms with Gasteiger partial charge in [-0.3, -0.25) is 0 Å². The summed E-state index contributed by atoms with van der Waals surface area (Å²) in [6.07, 6.45) is 0. The van der Waals surface area contributed by atoms with E-state index in [1.807, 2.05) is 12.1 Å². The minimum absolute atomic E-state index is 0.278. The summed E-state index contributed by atoms with van der Waals surface area (Å²) in [5.74, 6) is 0.441. The normalized spacial score (nSPS) is 12.7. The number of nitrogens with two attached hydrogens (primary N) is 1. The van der Waals surface area contributed by atoms with Crippen LogP contribution in [0.5, 0.6) is 0 Å². The van der Waals surface area contributed by atoms with Gasteiger partial charge in [0.05, 0.1) is 0 Å². The predicted octanol–water partition coefficient (Wildman–Crippen LogP) is 4.05. The van der Waals surface area contributed by atoms with Crippen LogP contribution in [0.2, 0.25) is 0 Å². The Morgan fingerprint density at radius 3 is 2.44 bits per heavy atom. The van der Waals surface area contributed by atoms with E-state index < -0.39 is 0 Å². The standard InChI is InChI=1S/C22H25NO2/c1-14(2)19-12-20-18(11-22(24)25-21(20)10-15(19)3)13-23-16(4)17-8-6-5-7-9-17/h5-12,14,16,23H,13H2,1-4H3/p+1/t16-/m1/s1. The lowest BCUT2D eigenvalue weighted by atomic mass is 9.95. The maximum absolute atomic E-state index is 12.0. The zero-order chi connectivity index (χ0) is 18.0. The molecule has 1 aromatic heterocycles. The molecule has 25 heavy (non-hydrogen) atoms. The van der Waals surface area contributed by atoms with E-state index in [9.17, 15) is 4.79 Å². The SMILES string of the molecule is Cc1cc2oc(=O)cc(C[NH2+][C@H](C)c3ccccc3)c2cc1C(C)C. The molecule has 0 unspecified atom stereocenters. The molecule has 0 saturated heterocycles. The first-order chi connectivity index (χ1) is 12.0. The molecule has 0 radical (unpaired) electrons. The Morgan fingerprint density at radius 2 is 1.76 bits per heavy atom. The van der Waals surface area contributed by atoms with Crippen LogP contribution in [-0.2, 0) is 6.54 Å². The number of aryl methyl sites for hydroxylation is 1. The first kappa shape index (κ1) is 17.4. The predicted molar refractivity (Wildman–Crippen MR) is 102 cm³/mol. The molecule has 3 nitrogen and oxygen atoms in total. The first-order valence-electron chi connectivity index (χ1n) is 8.91. The minimum atomic E-state index is -0.278. The lowest BCUT2D eigenvalue weighted by Crippen LogP contribution is -2.83. The average Bonchev–Trinajstić information content (AvgIpc) is 2.59. The Hall–Kier alpha value is -2.39. The Kier molecular flexibility index (Phi) is 5.05. The Balaban J connectivity index is 1.95. The summed E-state index contributed by atoms with van der Waals surface area (Å²) in [6, 6.07) is 16.6. The van der Waals surface area contributed by atoms with Gasteiger partial charge in [-0.05, 0) is 43.0 Å². The zero-order valence-corrected chi connectivity index (χ0v) is 15.4. The number of fused-ring (bicyclic) bond motifs is 1. The maximum Gasteiger partial charge on any atom is 0.336 e. The molecular weight excluding hydrogens is 310 g/mol. The number of hydrogen-bond donors (Lipinski definition) is 1. The van der Waals surface area contributed by atoms with E-state index in [1.165, 1.54) is 16.7 Å². The number of benzene rings is 2. The lowest BCUT2D eigenvalue weighted by molar-refractivity contribution is -0.707. The van der Waals surface area contributed by atoms with Crippen LogP contribution >= 0.6 is 0 Å². The molecule has 0 saturated carbocycles. The van der Waals surface area contributed by atoms with Gasteiger partial charge in [0.2, 0.25) is 0 Å². The molecular formula is C22H26NO2+. The van der Waals surface area contributed by atoms with Gasteiger partial charge in [-0.15, -0.1) is 0 Å². The van der Waals surface area contributed by atoms with Crippen molar-refractivity contribution in [3.8, 4) is 0 Å². The van der Waals surface area contributed by atoms with E-state index in [4.69, 9.17) is 4.42 Å². The highest BCUT2D eigenvalue weighted by Crippen LogP contribution is 2.26. The van der Waals surface area contributed by atoms with E-state index >= 15 is 0 Å². The van der Waals surface area contributed by atoms with Crippen molar-refractivity contribution in [3.05, 3.63) is 81.2 Å². The summed E-state index contributed by atoms with van der Waals surface area (Å²) in [7, 11) is 0. The van der Waals surface area contributed by atoms with Gasteiger partial charge < -0.3 is 9.73 Å². The second-order valence-corrected chi connectivity index (χ2v) is 7.09. The Labute approximate surface area is 148 Å². The fraction of sp³-hybridized carbons (Fsp3) is 0.318. The van der Waals surface area contributed by atoms with Crippen LogP contribution in [0.1, 0.15) is 55.0 Å². The topological polar surface area (TPSA) is 46.8 Å². The van der Waals surface area contributed by atoms with E-state index in [2.05, 4.69) is 63.3 Å². The van der Waals surface area contributed by atoms with Crippen LogP contribution in [0.15, 0.2) is 57.7 Å². The molecule has 0 spiro atoms. The smallest absolute Gasteiger partial charge is 0.336 e. The third-order valence-corrected chi connectivity index (χ3v) is 4.86. The highest BCUT2D eigenvalue weighted by molar-refractivity contribution is 5.82. The molecule has 0 aliphatic rings. The monoisotopic (exact) mass is 336 g/mol. The third-order valence-electron chi connectivity index (χ3n) is 4.86. The molecule has 2 N–H and O–H groups in total. The van der Waals surface area contributed by atoms with E-state index in [1.54, 1.807) is 6.07 Å². The molecule has 0 aliphatic heterocycles. The van der Waals surface area contributed by atoms with Crippen molar-refractivity contribution in [2.24, 2.45) is 0 Å². The molecule has 3 rings (SSSR count). The van der Waals surface area contributed by atoms with Crippen molar-refractivity contribution in [1.82, 2.24) is 0 Å². The fourth-order valence-electron chi connectivity index (χ4n) is 3.38. The second kappa shape index (κ2) is 7.24. The van der Waals surface area contributed by atoms with Crippen LogP contribution in [0.4, 0.5) is 0 Å². The zero-order valence-electron chi connectivity index (χ0n) is 15.4. The number of rotatable bonds is 5. The lowest BCUT2D eigenvalue weighted by Gasteiger charge is -2.14. The third kappa shape index (κ3) is 3.83. The molecule has 0 fully saturated rings. The Bertz CT molecular complexity index is 926. The van der Waals surface area contributed by atoms with Crippen molar-refractivity contribution in [3.63, 3.8) is 0 Å². The molecule has 3 heteroatoms. The van der Waals surface area contributed by atoms with Gasteiger partial charge in [0.1, 0.15) is 18.2 Å². The summed E-state index contributed by atoms with van der Waals surface area (Å²) in [6.45, 7) is 9.39. The van der Waals surface area contributed by atoms with Crippen LogP contribution in [0.25, 0.3) is 11.0 Å². The van der Waals surface area contributed by atoms with Crippen molar-refractivity contribution >= 4 is 11.0 Å². The quantitative estimate of drug-likeness (QED) is 0.715. The average molecular weight is 336 g/mol. The largest absolute Gasteiger partial charge is 0.423 e. The van der Waals surface area contributed by atoms with E-state index in [0.717, 1.165) is 17.5 Å². The van der Waals surface area contributed by atoms with Crippen molar-refractivity contribution < 1.29 is 9.73 Å². The van der Waals surface area contributed by atoms with Gasteiger partial charge in [-0.25, -0.2) is 4.79 Å². The summed E-state index contributed by atoms with van der Waals surface area (Å²) in [5.41, 5.74) is 5.21. The summed E-state index contributed by atoms with van der Waals surface area (Å²) in [4.78, 5) is 12.0. The second-order valence-electron chi connectivity index (χ2n) is 7.09. The molecule has 0 aliphatic carbocycles. The van der Waals surface area contributed by atoms with Gasteiger partial charge in [-0.2, -0.15) is 0 Å². The highest BCUT2D eigenvalue weighted by Gasteiger charge is 2.14. The van der Waals surface area contributed by atoms with Gasteiger partial charge in [-0.1, -0.05) is 44.2 Å². The number of hydrogen-bond acceptors (Lipinski definition) is 2. The first-order valence-corrected chi connectivity index (χ1v) is 8.91. The summed E-state index contributed by atoms with van der Waals surface area (Å²) >= 11 is 0. The molecule has 130 valence electrons. The Morgan fingerprint density at radius 1 is 1.04 bits per heavy atom. The van der Waals surface area contributed by atoms with Gasteiger partial charge in [0.15, 0.2) is 0 Å². The van der Waals surface area contributed by atoms with Crippen molar-refractivity contribution in [2.45, 2.75) is 46.2 Å². The molecule has 1 heterocycles. The molecule has 0 bridgehead atoms. The molecule has 1 atom stereocenters. The van der Waals surface area contributed by atoms with Gasteiger partial charge >= 0.3 is 5.63 Å². The van der Waals surface area contributed by atoms with Crippen LogP contribution in [-0.4, -0.2) is 0 Å². The van der Waals surface area contributed by atoms with Gasteiger partial charge in [0, 0.05) is 22.6 Å². The molecule has 2 aromatic carbocycles. The van der Waals surface area contributed by atoms with E-state index in [0.29, 0.717) is 17.5 Å². The molecule has 3 aromatic rings. The van der Waals surface area contributed by atoms with Gasteiger partial charge in [0.25, 0.3) is 0 Å². The number of quaternary nitrogens is 1.